The Hall–Kier alpha value is -1.55. The van der Waals surface area contributed by atoms with Crippen LogP contribution in [0.2, 0.25) is 0 Å². The van der Waals surface area contributed by atoms with Crippen LogP contribution in [0.4, 0.5) is 0 Å². The van der Waals surface area contributed by atoms with Gasteiger partial charge in [0.2, 0.25) is 0 Å². The Labute approximate surface area is 135 Å². The van der Waals surface area contributed by atoms with Gasteiger partial charge in [-0.3, -0.25) is 4.99 Å². The summed E-state index contributed by atoms with van der Waals surface area (Å²) in [5, 5.41) is 6.66. The van der Waals surface area contributed by atoms with E-state index in [9.17, 15) is 0 Å². The van der Waals surface area contributed by atoms with Crippen molar-refractivity contribution in [3.63, 3.8) is 0 Å². The number of hydrogen-bond acceptors (Lipinski definition) is 2. The molecule has 124 valence electrons. The molecule has 0 unspecified atom stereocenters. The minimum absolute atomic E-state index is 0.813. The van der Waals surface area contributed by atoms with Crippen molar-refractivity contribution in [2.75, 3.05) is 33.4 Å². The average molecular weight is 305 g/mol. The van der Waals surface area contributed by atoms with Crippen molar-refractivity contribution >= 4 is 5.96 Å². The van der Waals surface area contributed by atoms with E-state index in [4.69, 9.17) is 4.74 Å². The summed E-state index contributed by atoms with van der Waals surface area (Å²) in [6.45, 7) is 7.76. The van der Waals surface area contributed by atoms with Crippen LogP contribution in [-0.4, -0.2) is 39.3 Å². The van der Waals surface area contributed by atoms with Gasteiger partial charge in [0, 0.05) is 33.4 Å². The van der Waals surface area contributed by atoms with Crippen molar-refractivity contribution in [2.45, 2.75) is 39.5 Å². The number of aliphatic imine (C=N–C) groups is 1. The first kappa shape index (κ1) is 18.5. The predicted octanol–water partition coefficient (Wildman–Crippen LogP) is 2.91. The highest BCUT2D eigenvalue weighted by atomic mass is 16.5. The summed E-state index contributed by atoms with van der Waals surface area (Å²) < 4.78 is 5.54. The van der Waals surface area contributed by atoms with Crippen LogP contribution in [0.15, 0.2) is 29.3 Å². The lowest BCUT2D eigenvalue weighted by Gasteiger charge is -2.12. The minimum atomic E-state index is 0.813. The Kier molecular flexibility index (Phi) is 10.1. The average Bonchev–Trinajstić information content (AvgIpc) is 2.52. The van der Waals surface area contributed by atoms with Crippen molar-refractivity contribution in [1.29, 1.82) is 0 Å². The smallest absolute Gasteiger partial charge is 0.190 e. The van der Waals surface area contributed by atoms with Crippen LogP contribution in [0, 0.1) is 6.92 Å². The molecule has 22 heavy (non-hydrogen) atoms. The van der Waals surface area contributed by atoms with E-state index >= 15 is 0 Å². The number of guanidine groups is 1. The fourth-order valence-electron chi connectivity index (χ4n) is 2.14. The molecule has 0 spiro atoms. The molecule has 0 saturated heterocycles. The molecular weight excluding hydrogens is 274 g/mol. The Morgan fingerprint density at radius 3 is 2.64 bits per heavy atom. The fraction of sp³-hybridized carbons (Fsp3) is 0.611. The molecule has 0 fully saturated rings. The van der Waals surface area contributed by atoms with Crippen molar-refractivity contribution < 1.29 is 4.74 Å². The van der Waals surface area contributed by atoms with Crippen LogP contribution >= 0.6 is 0 Å². The van der Waals surface area contributed by atoms with Crippen LogP contribution in [0.5, 0.6) is 0 Å². The van der Waals surface area contributed by atoms with Crippen LogP contribution in [0.25, 0.3) is 0 Å². The van der Waals surface area contributed by atoms with Gasteiger partial charge in [0.1, 0.15) is 0 Å². The molecule has 1 rings (SSSR count). The van der Waals surface area contributed by atoms with Crippen molar-refractivity contribution in [2.24, 2.45) is 4.99 Å². The summed E-state index contributed by atoms with van der Waals surface area (Å²) in [6.07, 6.45) is 4.34. The van der Waals surface area contributed by atoms with E-state index in [1.165, 1.54) is 17.5 Å². The van der Waals surface area contributed by atoms with Gasteiger partial charge in [0.05, 0.1) is 0 Å². The summed E-state index contributed by atoms with van der Waals surface area (Å²) in [5.41, 5.74) is 2.66. The van der Waals surface area contributed by atoms with Gasteiger partial charge in [-0.2, -0.15) is 0 Å². The first-order chi connectivity index (χ1) is 10.8. The molecule has 0 bridgehead atoms. The molecule has 0 aromatic heterocycles. The number of aryl methyl sites for hydroxylation is 1. The first-order valence-electron chi connectivity index (χ1n) is 8.34. The third-order valence-electron chi connectivity index (χ3n) is 3.41. The lowest BCUT2D eigenvalue weighted by Crippen LogP contribution is -2.39. The summed E-state index contributed by atoms with van der Waals surface area (Å²) in [6, 6.07) is 8.63. The van der Waals surface area contributed by atoms with Gasteiger partial charge in [0.15, 0.2) is 5.96 Å². The summed E-state index contributed by atoms with van der Waals surface area (Å²) in [7, 11) is 1.81. The summed E-state index contributed by atoms with van der Waals surface area (Å²) in [5.74, 6) is 0.862. The maximum absolute atomic E-state index is 5.54. The van der Waals surface area contributed by atoms with Crippen LogP contribution in [0.3, 0.4) is 0 Å². The molecular formula is C18H31N3O. The standard InChI is InChI=1S/C18H31N3O/c1-4-5-13-22-14-7-11-20-18(19-3)21-12-10-17-9-6-8-16(2)15-17/h6,8-9,15H,4-5,7,10-14H2,1-3H3,(H2,19,20,21). The van der Waals surface area contributed by atoms with E-state index in [1.807, 2.05) is 0 Å². The molecule has 0 amide bonds. The topological polar surface area (TPSA) is 45.6 Å². The molecule has 0 heterocycles. The van der Waals surface area contributed by atoms with E-state index in [-0.39, 0.29) is 0 Å². The lowest BCUT2D eigenvalue weighted by atomic mass is 10.1. The molecule has 0 saturated carbocycles. The van der Waals surface area contributed by atoms with Gasteiger partial charge >= 0.3 is 0 Å². The van der Waals surface area contributed by atoms with E-state index in [0.717, 1.165) is 51.5 Å². The molecule has 4 heteroatoms. The first-order valence-corrected chi connectivity index (χ1v) is 8.34. The quantitative estimate of drug-likeness (QED) is 0.397. The highest BCUT2D eigenvalue weighted by Crippen LogP contribution is 2.03. The van der Waals surface area contributed by atoms with Gasteiger partial charge in [0.25, 0.3) is 0 Å². The van der Waals surface area contributed by atoms with E-state index in [2.05, 4.69) is 53.7 Å². The van der Waals surface area contributed by atoms with Crippen molar-refractivity contribution in [3.05, 3.63) is 35.4 Å². The van der Waals surface area contributed by atoms with E-state index in [1.54, 1.807) is 7.05 Å². The SMILES string of the molecule is CCCCOCCCNC(=NC)NCCc1cccc(C)c1. The second-order valence-corrected chi connectivity index (χ2v) is 5.48. The van der Waals surface area contributed by atoms with Crippen molar-refractivity contribution in [1.82, 2.24) is 10.6 Å². The second-order valence-electron chi connectivity index (χ2n) is 5.48. The Morgan fingerprint density at radius 2 is 1.91 bits per heavy atom. The van der Waals surface area contributed by atoms with Gasteiger partial charge in [-0.1, -0.05) is 43.2 Å². The zero-order valence-corrected chi connectivity index (χ0v) is 14.3. The molecule has 0 aliphatic rings. The molecule has 0 aliphatic heterocycles. The van der Waals surface area contributed by atoms with Crippen LogP contribution < -0.4 is 10.6 Å². The van der Waals surface area contributed by atoms with Gasteiger partial charge < -0.3 is 15.4 Å². The third kappa shape index (κ3) is 8.67. The number of benzene rings is 1. The molecule has 4 nitrogen and oxygen atoms in total. The Morgan fingerprint density at radius 1 is 1.14 bits per heavy atom. The number of hydrogen-bond donors (Lipinski definition) is 2. The largest absolute Gasteiger partial charge is 0.381 e. The van der Waals surface area contributed by atoms with Gasteiger partial charge in [-0.25, -0.2) is 0 Å². The monoisotopic (exact) mass is 305 g/mol. The molecule has 0 radical (unpaired) electrons. The maximum atomic E-state index is 5.54. The second kappa shape index (κ2) is 12.0. The number of unbranched alkanes of at least 4 members (excludes halogenated alkanes) is 1. The zero-order valence-electron chi connectivity index (χ0n) is 14.3. The number of rotatable bonds is 10. The van der Waals surface area contributed by atoms with Gasteiger partial charge in [-0.05, 0) is 31.7 Å². The van der Waals surface area contributed by atoms with Crippen LogP contribution in [-0.2, 0) is 11.2 Å². The summed E-state index contributed by atoms with van der Waals surface area (Å²) >= 11 is 0. The third-order valence-corrected chi connectivity index (χ3v) is 3.41. The molecule has 2 N–H and O–H groups in total. The lowest BCUT2D eigenvalue weighted by molar-refractivity contribution is 0.129. The van der Waals surface area contributed by atoms with E-state index < -0.39 is 0 Å². The Balaban J connectivity index is 2.10. The summed E-state index contributed by atoms with van der Waals surface area (Å²) in [4.78, 5) is 4.24. The molecule has 1 aromatic rings. The predicted molar refractivity (Wildman–Crippen MR) is 94.6 cm³/mol. The number of nitrogens with zero attached hydrogens (tertiary/aromatic N) is 1. The van der Waals surface area contributed by atoms with Crippen molar-refractivity contribution in [3.8, 4) is 0 Å². The fourth-order valence-corrected chi connectivity index (χ4v) is 2.14. The maximum Gasteiger partial charge on any atom is 0.190 e. The highest BCUT2D eigenvalue weighted by Gasteiger charge is 1.98. The van der Waals surface area contributed by atoms with E-state index in [0.29, 0.717) is 0 Å². The Bertz CT molecular complexity index is 432. The number of ether oxygens (including phenoxy) is 1. The molecule has 1 aromatic carbocycles. The normalized spacial score (nSPS) is 11.5. The zero-order chi connectivity index (χ0) is 16.0. The van der Waals surface area contributed by atoms with Gasteiger partial charge in [-0.15, -0.1) is 0 Å². The molecule has 0 atom stereocenters. The number of nitrogens with one attached hydrogen (secondary N) is 2. The minimum Gasteiger partial charge on any atom is -0.381 e. The highest BCUT2D eigenvalue weighted by molar-refractivity contribution is 5.79. The molecule has 0 aliphatic carbocycles. The van der Waals surface area contributed by atoms with Crippen LogP contribution in [0.1, 0.15) is 37.3 Å².